The fraction of sp³-hybridized carbons (Fsp3) is 0. The highest BCUT2D eigenvalue weighted by Gasteiger charge is 2.18. The number of hydrogen-bond donors (Lipinski definition) is 2. The number of nitrogens with zero attached hydrogens (tertiary/aromatic N) is 2. The predicted octanol–water partition coefficient (Wildman–Crippen LogP) is 3.13. The summed E-state index contributed by atoms with van der Waals surface area (Å²) < 4.78 is 40.8. The van der Waals surface area contributed by atoms with Gasteiger partial charge in [0.05, 0.1) is 6.20 Å². The highest BCUT2D eigenvalue weighted by Crippen LogP contribution is 2.23. The Labute approximate surface area is 159 Å². The summed E-state index contributed by atoms with van der Waals surface area (Å²) in [5.74, 6) is -0.944. The van der Waals surface area contributed by atoms with Crippen molar-refractivity contribution >= 4 is 32.5 Å². The molecule has 0 atom stereocenters. The van der Waals surface area contributed by atoms with Gasteiger partial charge in [0.1, 0.15) is 16.4 Å². The minimum atomic E-state index is -3.84. The molecular weight excluding hydrogens is 383 g/mol. The largest absolute Gasteiger partial charge is 0.345 e. The van der Waals surface area contributed by atoms with E-state index in [0.29, 0.717) is 11.0 Å². The quantitative estimate of drug-likeness (QED) is 0.504. The third-order valence-corrected chi connectivity index (χ3v) is 5.43. The number of aromatic nitrogens is 3. The van der Waals surface area contributed by atoms with E-state index >= 15 is 0 Å². The monoisotopic (exact) mass is 396 g/mol. The summed E-state index contributed by atoms with van der Waals surface area (Å²) in [7, 11) is -3.84. The van der Waals surface area contributed by atoms with Gasteiger partial charge < -0.3 is 4.98 Å². The van der Waals surface area contributed by atoms with E-state index in [4.69, 9.17) is 0 Å². The number of ketones is 1. The fourth-order valence-corrected chi connectivity index (χ4v) is 3.78. The molecule has 0 fully saturated rings. The summed E-state index contributed by atoms with van der Waals surface area (Å²) in [6, 6.07) is 10.2. The van der Waals surface area contributed by atoms with Gasteiger partial charge in [0.25, 0.3) is 10.0 Å². The number of hydrogen-bond acceptors (Lipinski definition) is 5. The molecular formula is C19H13FN4O3S. The smallest absolute Gasteiger partial charge is 0.263 e. The van der Waals surface area contributed by atoms with Crippen LogP contribution >= 0.6 is 0 Å². The van der Waals surface area contributed by atoms with Gasteiger partial charge in [0.2, 0.25) is 0 Å². The summed E-state index contributed by atoms with van der Waals surface area (Å²) >= 11 is 0. The Kier molecular flexibility index (Phi) is 4.36. The molecule has 3 heterocycles. The van der Waals surface area contributed by atoms with Gasteiger partial charge in [-0.15, -0.1) is 0 Å². The number of anilines is 1. The maximum absolute atomic E-state index is 13.5. The summed E-state index contributed by atoms with van der Waals surface area (Å²) in [6.07, 6.45) is 5.20. The second-order valence-corrected chi connectivity index (χ2v) is 7.64. The first-order valence-electron chi connectivity index (χ1n) is 8.14. The lowest BCUT2D eigenvalue weighted by Crippen LogP contribution is -2.13. The Morgan fingerprint density at radius 2 is 1.96 bits per heavy atom. The van der Waals surface area contributed by atoms with E-state index in [-0.39, 0.29) is 27.5 Å². The summed E-state index contributed by atoms with van der Waals surface area (Å²) in [5.41, 5.74) is 1.10. The van der Waals surface area contributed by atoms with Crippen LogP contribution in [0.25, 0.3) is 11.0 Å². The standard InChI is InChI=1S/C19H13FN4O3S/c20-13-8-16-17(11-23-19(16)22-9-13)18(25)12-3-1-4-14(7-12)24-28(26,27)15-5-2-6-21-10-15/h1-11,24H,(H,22,23). The zero-order chi connectivity index (χ0) is 19.7. The second-order valence-electron chi connectivity index (χ2n) is 5.96. The first kappa shape index (κ1) is 17.8. The van der Waals surface area contributed by atoms with Gasteiger partial charge in [-0.2, -0.15) is 0 Å². The lowest BCUT2D eigenvalue weighted by Gasteiger charge is -2.09. The van der Waals surface area contributed by atoms with Crippen molar-refractivity contribution in [3.63, 3.8) is 0 Å². The zero-order valence-corrected chi connectivity index (χ0v) is 15.1. The van der Waals surface area contributed by atoms with Crippen LogP contribution in [-0.4, -0.2) is 29.2 Å². The molecule has 0 aliphatic rings. The van der Waals surface area contributed by atoms with Gasteiger partial charge in [0.15, 0.2) is 5.78 Å². The number of pyridine rings is 2. The molecule has 0 amide bonds. The molecule has 3 aromatic heterocycles. The van der Waals surface area contributed by atoms with Crippen molar-refractivity contribution in [3.8, 4) is 0 Å². The molecule has 2 N–H and O–H groups in total. The number of H-pyrrole nitrogens is 1. The molecule has 0 unspecified atom stereocenters. The van der Waals surface area contributed by atoms with Gasteiger partial charge in [0, 0.05) is 40.8 Å². The van der Waals surface area contributed by atoms with Gasteiger partial charge in [-0.05, 0) is 30.3 Å². The summed E-state index contributed by atoms with van der Waals surface area (Å²) in [5, 5.41) is 0.353. The average Bonchev–Trinajstić information content (AvgIpc) is 3.11. The lowest BCUT2D eigenvalue weighted by atomic mass is 10.0. The molecule has 0 saturated carbocycles. The van der Waals surface area contributed by atoms with E-state index in [2.05, 4.69) is 19.7 Å². The maximum Gasteiger partial charge on any atom is 0.263 e. The Hall–Kier alpha value is -3.59. The number of carbonyl (C=O) groups is 1. The van der Waals surface area contributed by atoms with Crippen LogP contribution in [0.1, 0.15) is 15.9 Å². The SMILES string of the molecule is O=C(c1cccc(NS(=O)(=O)c2cccnc2)c1)c1c[nH]c2ncc(F)cc12. The van der Waals surface area contributed by atoms with Crippen LogP contribution in [0.5, 0.6) is 0 Å². The molecule has 9 heteroatoms. The van der Waals surface area contributed by atoms with Crippen LogP contribution in [0, 0.1) is 5.82 Å². The Morgan fingerprint density at radius 3 is 2.75 bits per heavy atom. The molecule has 0 saturated heterocycles. The molecule has 28 heavy (non-hydrogen) atoms. The summed E-state index contributed by atoms with van der Waals surface area (Å²) in [4.78, 5) is 23.4. The van der Waals surface area contributed by atoms with Gasteiger partial charge in [-0.25, -0.2) is 17.8 Å². The average molecular weight is 396 g/mol. The Morgan fingerprint density at radius 1 is 1.11 bits per heavy atom. The molecule has 0 aliphatic carbocycles. The third kappa shape index (κ3) is 3.35. The van der Waals surface area contributed by atoms with Crippen LogP contribution in [0.2, 0.25) is 0 Å². The van der Waals surface area contributed by atoms with Crippen LogP contribution in [0.3, 0.4) is 0 Å². The lowest BCUT2D eigenvalue weighted by molar-refractivity contribution is 0.104. The van der Waals surface area contributed by atoms with Gasteiger partial charge in [-0.1, -0.05) is 12.1 Å². The highest BCUT2D eigenvalue weighted by atomic mass is 32.2. The number of aromatic amines is 1. The molecule has 7 nitrogen and oxygen atoms in total. The molecule has 0 spiro atoms. The number of nitrogens with one attached hydrogen (secondary N) is 2. The van der Waals surface area contributed by atoms with Crippen molar-refractivity contribution < 1.29 is 17.6 Å². The highest BCUT2D eigenvalue weighted by molar-refractivity contribution is 7.92. The number of rotatable bonds is 5. The number of halogens is 1. The first-order chi connectivity index (χ1) is 13.4. The second kappa shape index (κ2) is 6.86. The molecule has 4 aromatic rings. The topological polar surface area (TPSA) is 105 Å². The molecule has 0 aliphatic heterocycles. The first-order valence-corrected chi connectivity index (χ1v) is 9.62. The minimum Gasteiger partial charge on any atom is -0.345 e. The van der Waals surface area contributed by atoms with Crippen molar-refractivity contribution in [2.45, 2.75) is 4.90 Å². The maximum atomic E-state index is 13.5. The van der Waals surface area contributed by atoms with Gasteiger partial charge >= 0.3 is 0 Å². The van der Waals surface area contributed by atoms with E-state index in [0.717, 1.165) is 6.20 Å². The van der Waals surface area contributed by atoms with Crippen molar-refractivity contribution in [2.24, 2.45) is 0 Å². The van der Waals surface area contributed by atoms with E-state index in [9.17, 15) is 17.6 Å². The van der Waals surface area contributed by atoms with E-state index < -0.39 is 15.8 Å². The molecule has 0 bridgehead atoms. The van der Waals surface area contributed by atoms with Crippen LogP contribution < -0.4 is 4.72 Å². The van der Waals surface area contributed by atoms with E-state index in [1.807, 2.05) is 0 Å². The number of sulfonamides is 1. The molecule has 1 aromatic carbocycles. The van der Waals surface area contributed by atoms with Crippen LogP contribution in [0.15, 0.2) is 72.1 Å². The molecule has 4 rings (SSSR count). The Balaban J connectivity index is 1.67. The van der Waals surface area contributed by atoms with Crippen molar-refractivity contribution in [3.05, 3.63) is 84.2 Å². The van der Waals surface area contributed by atoms with E-state index in [1.54, 1.807) is 12.1 Å². The fourth-order valence-electron chi connectivity index (χ4n) is 2.77. The normalized spacial score (nSPS) is 11.5. The number of benzene rings is 1. The molecule has 140 valence electrons. The van der Waals surface area contributed by atoms with Crippen molar-refractivity contribution in [1.82, 2.24) is 15.0 Å². The number of fused-ring (bicyclic) bond motifs is 1. The van der Waals surface area contributed by atoms with Crippen LogP contribution in [0.4, 0.5) is 10.1 Å². The summed E-state index contributed by atoms with van der Waals surface area (Å²) in [6.45, 7) is 0. The zero-order valence-electron chi connectivity index (χ0n) is 14.3. The third-order valence-electron chi connectivity index (χ3n) is 4.06. The number of carbonyl (C=O) groups excluding carboxylic acids is 1. The van der Waals surface area contributed by atoms with Crippen molar-refractivity contribution in [2.75, 3.05) is 4.72 Å². The predicted molar refractivity (Wildman–Crippen MR) is 101 cm³/mol. The minimum absolute atomic E-state index is 0.00454. The van der Waals surface area contributed by atoms with Crippen molar-refractivity contribution in [1.29, 1.82) is 0 Å². The van der Waals surface area contributed by atoms with Crippen LogP contribution in [-0.2, 0) is 10.0 Å². The van der Waals surface area contributed by atoms with E-state index in [1.165, 1.54) is 48.9 Å². The molecule has 0 radical (unpaired) electrons. The van der Waals surface area contributed by atoms with Gasteiger partial charge in [-0.3, -0.25) is 14.5 Å². The Bertz CT molecular complexity index is 1290.